The number of ether oxygens (including phenoxy) is 1. The minimum absolute atomic E-state index is 0.108. The molecule has 1 saturated heterocycles. The maximum atomic E-state index is 11.7. The molecule has 2 aromatic carbocycles. The maximum absolute atomic E-state index is 11.7. The van der Waals surface area contributed by atoms with Gasteiger partial charge >= 0.3 is 0 Å². The van der Waals surface area contributed by atoms with Gasteiger partial charge in [0.15, 0.2) is 5.17 Å². The first kappa shape index (κ1) is 22.2. The van der Waals surface area contributed by atoms with Crippen LogP contribution in [-0.2, 0) is 16.2 Å². The third-order valence-electron chi connectivity index (χ3n) is 4.02. The molecule has 1 fully saturated rings. The average molecular weight is 462 g/mol. The Morgan fingerprint density at radius 2 is 2.10 bits per heavy atom. The lowest BCUT2D eigenvalue weighted by atomic mass is 10.2. The predicted octanol–water partition coefficient (Wildman–Crippen LogP) is 1.89. The molecule has 12 heteroatoms. The molecule has 160 valence electrons. The molecule has 0 aliphatic carbocycles. The number of carboxylic acid groups (broad SMARTS) is 1. The average Bonchev–Trinajstić information content (AvgIpc) is 3.06. The monoisotopic (exact) mass is 461 g/mol. The zero-order chi connectivity index (χ0) is 22.4. The van der Waals surface area contributed by atoms with Crippen molar-refractivity contribution in [2.24, 2.45) is 10.2 Å². The Hall–Kier alpha value is -3.44. The van der Waals surface area contributed by atoms with Crippen LogP contribution in [0.3, 0.4) is 0 Å². The Balaban J connectivity index is 1.77. The Kier molecular flexibility index (Phi) is 7.21. The fourth-order valence-electron chi connectivity index (χ4n) is 2.53. The Morgan fingerprint density at radius 1 is 1.32 bits per heavy atom. The van der Waals surface area contributed by atoms with Gasteiger partial charge in [-0.3, -0.25) is 14.9 Å². The summed E-state index contributed by atoms with van der Waals surface area (Å²) in [6.45, 7) is 0.129. The first-order valence-electron chi connectivity index (χ1n) is 8.76. The van der Waals surface area contributed by atoms with Crippen LogP contribution in [0, 0.1) is 10.1 Å². The molecule has 1 atom stereocenters. The smallest absolute Gasteiger partial charge is 0.270 e. The number of hydrogen-bond acceptors (Lipinski definition) is 9. The van der Waals surface area contributed by atoms with Crippen molar-refractivity contribution >= 4 is 52.3 Å². The van der Waals surface area contributed by atoms with Gasteiger partial charge in [0.05, 0.1) is 16.4 Å². The van der Waals surface area contributed by atoms with Crippen molar-refractivity contribution in [1.82, 2.24) is 5.32 Å². The Bertz CT molecular complexity index is 1090. The lowest BCUT2D eigenvalue weighted by Gasteiger charge is -2.10. The minimum Gasteiger partial charge on any atom is -0.550 e. The van der Waals surface area contributed by atoms with E-state index in [4.69, 9.17) is 16.3 Å². The van der Waals surface area contributed by atoms with Gasteiger partial charge in [0.25, 0.3) is 5.69 Å². The lowest BCUT2D eigenvalue weighted by molar-refractivity contribution is -0.384. The third kappa shape index (κ3) is 6.03. The number of nitrogens with zero attached hydrogens (tertiary/aromatic N) is 3. The summed E-state index contributed by atoms with van der Waals surface area (Å²) in [6.07, 6.45) is 0.783. The molecule has 0 spiro atoms. The van der Waals surface area contributed by atoms with Crippen LogP contribution in [0.2, 0.25) is 5.02 Å². The van der Waals surface area contributed by atoms with E-state index in [1.165, 1.54) is 24.4 Å². The van der Waals surface area contributed by atoms with Crippen LogP contribution in [0.5, 0.6) is 5.75 Å². The molecule has 1 N–H and O–H groups in total. The number of carbonyl (C=O) groups excluding carboxylic acids is 2. The topological polar surface area (TPSA) is 146 Å². The van der Waals surface area contributed by atoms with Gasteiger partial charge in [-0.25, -0.2) is 0 Å². The molecule has 1 amide bonds. The number of amidine groups is 1. The zero-order valence-electron chi connectivity index (χ0n) is 15.7. The highest BCUT2D eigenvalue weighted by Gasteiger charge is 2.30. The van der Waals surface area contributed by atoms with E-state index in [0.29, 0.717) is 10.8 Å². The number of aliphatic carboxylic acids is 1. The summed E-state index contributed by atoms with van der Waals surface area (Å²) in [5.41, 5.74) is 0.845. The Labute approximate surface area is 185 Å². The van der Waals surface area contributed by atoms with Gasteiger partial charge in [-0.2, -0.15) is 5.10 Å². The summed E-state index contributed by atoms with van der Waals surface area (Å²) >= 11 is 7.02. The van der Waals surface area contributed by atoms with Crippen molar-refractivity contribution in [3.63, 3.8) is 0 Å². The van der Waals surface area contributed by atoms with Crippen molar-refractivity contribution < 1.29 is 24.4 Å². The fraction of sp³-hybridized carbons (Fsp3) is 0.158. The molecule has 0 aromatic heterocycles. The second-order valence-corrected chi connectivity index (χ2v) is 7.78. The standard InChI is InChI=1S/C19H15ClN4O6S/c20-14-4-2-1-3-11(14)10-30-15-6-5-13(24(28)29)7-12(15)9-21-23-19-22-18(27)16(31-19)8-17(25)26/h1-7,9,16H,8,10H2,(H,25,26)(H,22,23,27)/p-1/b21-9+. The summed E-state index contributed by atoms with van der Waals surface area (Å²) in [7, 11) is 0. The summed E-state index contributed by atoms with van der Waals surface area (Å²) in [5, 5.41) is 31.6. The molecular formula is C19H14ClN4O6S-. The van der Waals surface area contributed by atoms with Crippen molar-refractivity contribution in [2.45, 2.75) is 18.3 Å². The first-order valence-corrected chi connectivity index (χ1v) is 10.0. The molecule has 3 rings (SSSR count). The van der Waals surface area contributed by atoms with E-state index in [-0.39, 0.29) is 23.0 Å². The molecular weight excluding hydrogens is 448 g/mol. The first-order chi connectivity index (χ1) is 14.8. The number of carboxylic acids is 1. The van der Waals surface area contributed by atoms with Gasteiger partial charge in [-0.05, 0) is 12.1 Å². The van der Waals surface area contributed by atoms with Crippen LogP contribution in [0.4, 0.5) is 5.69 Å². The quantitative estimate of drug-likeness (QED) is 0.358. The Morgan fingerprint density at radius 3 is 2.81 bits per heavy atom. The largest absolute Gasteiger partial charge is 0.550 e. The summed E-state index contributed by atoms with van der Waals surface area (Å²) in [6, 6.07) is 11.1. The summed E-state index contributed by atoms with van der Waals surface area (Å²) < 4.78 is 5.75. The highest BCUT2D eigenvalue weighted by molar-refractivity contribution is 8.15. The van der Waals surface area contributed by atoms with Crippen LogP contribution in [0.25, 0.3) is 0 Å². The van der Waals surface area contributed by atoms with E-state index in [0.717, 1.165) is 17.3 Å². The number of halogens is 1. The number of carbonyl (C=O) groups is 2. The number of nitro benzene ring substituents is 1. The van der Waals surface area contributed by atoms with Crippen molar-refractivity contribution in [2.75, 3.05) is 0 Å². The molecule has 1 heterocycles. The second kappa shape index (κ2) is 10.0. The van der Waals surface area contributed by atoms with E-state index in [1.807, 2.05) is 0 Å². The molecule has 31 heavy (non-hydrogen) atoms. The highest BCUT2D eigenvalue weighted by atomic mass is 35.5. The van der Waals surface area contributed by atoms with Crippen molar-refractivity contribution in [1.29, 1.82) is 0 Å². The third-order valence-corrected chi connectivity index (χ3v) is 5.46. The molecule has 1 aliphatic rings. The van der Waals surface area contributed by atoms with E-state index in [9.17, 15) is 24.8 Å². The molecule has 2 aromatic rings. The van der Waals surface area contributed by atoms with Crippen LogP contribution in [0.15, 0.2) is 52.7 Å². The zero-order valence-corrected chi connectivity index (χ0v) is 17.3. The lowest BCUT2D eigenvalue weighted by Crippen LogP contribution is -2.31. The number of non-ortho nitro benzene ring substituents is 1. The minimum atomic E-state index is -1.35. The highest BCUT2D eigenvalue weighted by Crippen LogP contribution is 2.26. The van der Waals surface area contributed by atoms with Crippen LogP contribution < -0.4 is 15.2 Å². The molecule has 1 unspecified atom stereocenters. The van der Waals surface area contributed by atoms with E-state index in [2.05, 4.69) is 15.5 Å². The summed E-state index contributed by atoms with van der Waals surface area (Å²) in [5.74, 6) is -1.55. The van der Waals surface area contributed by atoms with Crippen LogP contribution >= 0.6 is 23.4 Å². The van der Waals surface area contributed by atoms with Crippen LogP contribution in [0.1, 0.15) is 17.5 Å². The van der Waals surface area contributed by atoms with Crippen LogP contribution in [-0.4, -0.2) is 33.4 Å². The molecule has 1 aliphatic heterocycles. The van der Waals surface area contributed by atoms with E-state index in [1.54, 1.807) is 24.3 Å². The van der Waals surface area contributed by atoms with Gasteiger partial charge in [-0.1, -0.05) is 41.6 Å². The fourth-order valence-corrected chi connectivity index (χ4v) is 3.63. The molecule has 0 bridgehead atoms. The maximum Gasteiger partial charge on any atom is 0.270 e. The number of amides is 1. The number of nitrogens with one attached hydrogen (secondary N) is 1. The summed E-state index contributed by atoms with van der Waals surface area (Å²) in [4.78, 5) is 32.9. The van der Waals surface area contributed by atoms with Gasteiger partial charge in [0.1, 0.15) is 12.4 Å². The molecule has 0 saturated carbocycles. The normalized spacial score (nSPS) is 17.1. The van der Waals surface area contributed by atoms with Crippen molar-refractivity contribution in [3.8, 4) is 5.75 Å². The SMILES string of the molecule is O=C([O-])CC1S/C(=N/N=C/c2cc([N+](=O)[O-])ccc2OCc2ccccc2Cl)NC1=O. The van der Waals surface area contributed by atoms with E-state index >= 15 is 0 Å². The van der Waals surface area contributed by atoms with Gasteiger partial charge in [0.2, 0.25) is 5.91 Å². The number of thioether (sulfide) groups is 1. The number of benzene rings is 2. The van der Waals surface area contributed by atoms with E-state index < -0.39 is 28.5 Å². The molecule has 0 radical (unpaired) electrons. The van der Waals surface area contributed by atoms with Gasteiger partial charge < -0.3 is 20.0 Å². The predicted molar refractivity (Wildman–Crippen MR) is 113 cm³/mol. The number of hydrogen-bond donors (Lipinski definition) is 1. The van der Waals surface area contributed by atoms with Crippen molar-refractivity contribution in [3.05, 3.63) is 68.7 Å². The second-order valence-electron chi connectivity index (χ2n) is 6.18. The number of rotatable bonds is 8. The van der Waals surface area contributed by atoms with Gasteiger partial charge in [-0.15, -0.1) is 5.10 Å². The number of nitro groups is 1. The van der Waals surface area contributed by atoms with Gasteiger partial charge in [0, 0.05) is 40.7 Å². The molecule has 10 nitrogen and oxygen atoms in total.